The molecule has 0 aliphatic rings. The van der Waals surface area contributed by atoms with Gasteiger partial charge in [-0.05, 0) is 59.3 Å². The second-order valence-electron chi connectivity index (χ2n) is 5.40. The van der Waals surface area contributed by atoms with Crippen LogP contribution in [0.15, 0.2) is 53.8 Å². The molecule has 0 aliphatic heterocycles. The number of fused-ring (bicyclic) bond motifs is 1. The Kier molecular flexibility index (Phi) is 5.14. The molecule has 0 spiro atoms. The van der Waals surface area contributed by atoms with E-state index >= 15 is 0 Å². The van der Waals surface area contributed by atoms with Gasteiger partial charge in [0.2, 0.25) is 0 Å². The summed E-state index contributed by atoms with van der Waals surface area (Å²) in [4.78, 5) is 15.0. The number of aromatic nitrogens is 1. The zero-order valence-electron chi connectivity index (χ0n) is 13.1. The first kappa shape index (κ1) is 16.5. The highest BCUT2D eigenvalue weighted by atomic mass is 127. The van der Waals surface area contributed by atoms with E-state index in [1.54, 1.807) is 6.21 Å². The minimum atomic E-state index is -0.192. The number of nitrogens with one attached hydrogen (secondary N) is 3. The lowest BCUT2D eigenvalue weighted by Crippen LogP contribution is -2.25. The Morgan fingerprint density at radius 1 is 1.29 bits per heavy atom. The van der Waals surface area contributed by atoms with E-state index in [0.717, 1.165) is 22.2 Å². The Labute approximate surface area is 153 Å². The van der Waals surface area contributed by atoms with Crippen LogP contribution in [0.3, 0.4) is 0 Å². The molecule has 2 aromatic carbocycles. The van der Waals surface area contributed by atoms with Crippen molar-refractivity contribution in [3.05, 3.63) is 63.4 Å². The zero-order valence-corrected chi connectivity index (χ0v) is 15.3. The summed E-state index contributed by atoms with van der Waals surface area (Å²) >= 11 is 2.28. The summed E-state index contributed by atoms with van der Waals surface area (Å²) in [6.07, 6.45) is 3.51. The third-order valence-corrected chi connectivity index (χ3v) is 4.84. The molecule has 0 aliphatic carbocycles. The molecular weight excluding hydrogens is 415 g/mol. The Bertz CT molecular complexity index is 901. The van der Waals surface area contributed by atoms with E-state index in [2.05, 4.69) is 43.4 Å². The van der Waals surface area contributed by atoms with E-state index < -0.39 is 0 Å². The number of benzene rings is 2. The van der Waals surface area contributed by atoms with Crippen molar-refractivity contribution in [2.24, 2.45) is 5.10 Å². The molecule has 24 heavy (non-hydrogen) atoms. The second-order valence-corrected chi connectivity index (χ2v) is 6.56. The van der Waals surface area contributed by atoms with Gasteiger partial charge in [0.25, 0.3) is 5.91 Å². The van der Waals surface area contributed by atoms with Gasteiger partial charge in [0.15, 0.2) is 0 Å². The number of hydrogen-bond acceptors (Lipinski definition) is 3. The highest BCUT2D eigenvalue weighted by molar-refractivity contribution is 14.1. The first-order valence-corrected chi connectivity index (χ1v) is 8.59. The van der Waals surface area contributed by atoms with Crippen molar-refractivity contribution in [3.8, 4) is 0 Å². The fraction of sp³-hybridized carbons (Fsp3) is 0.111. The molecule has 3 N–H and O–H groups in total. The van der Waals surface area contributed by atoms with E-state index in [4.69, 9.17) is 0 Å². The van der Waals surface area contributed by atoms with E-state index in [9.17, 15) is 4.79 Å². The summed E-state index contributed by atoms with van der Waals surface area (Å²) < 4.78 is 1.20. The molecule has 0 saturated carbocycles. The molecular formula is C18H17IN4O. The number of carbonyl (C=O) groups is 1. The predicted octanol–water partition coefficient (Wildman–Crippen LogP) is 3.64. The topological polar surface area (TPSA) is 69.3 Å². The van der Waals surface area contributed by atoms with E-state index in [1.807, 2.05) is 55.6 Å². The Morgan fingerprint density at radius 3 is 2.96 bits per heavy atom. The normalized spacial score (nSPS) is 11.1. The molecule has 1 heterocycles. The number of hydrazone groups is 1. The lowest BCUT2D eigenvalue weighted by molar-refractivity contribution is -0.119. The number of aromatic amines is 1. The van der Waals surface area contributed by atoms with Gasteiger partial charge in [0.1, 0.15) is 0 Å². The molecule has 3 rings (SSSR count). The summed E-state index contributed by atoms with van der Waals surface area (Å²) in [5.74, 6) is -0.192. The van der Waals surface area contributed by atoms with Crippen molar-refractivity contribution in [2.75, 3.05) is 11.9 Å². The number of nitrogens with zero attached hydrogens (tertiary/aromatic N) is 1. The number of halogens is 1. The maximum absolute atomic E-state index is 11.9. The average Bonchev–Trinajstić information content (AvgIpc) is 2.99. The van der Waals surface area contributed by atoms with Crippen LogP contribution in [-0.4, -0.2) is 23.7 Å². The standard InChI is InChI=1S/C18H17IN4O/c1-12-8-14(6-7-16(12)19)20-11-18(24)23-22-10-13-9-21-17-5-3-2-4-15(13)17/h2-10,20-21H,11H2,1H3,(H,23,24). The zero-order chi connectivity index (χ0) is 16.9. The van der Waals surface area contributed by atoms with Gasteiger partial charge in [-0.25, -0.2) is 5.43 Å². The van der Waals surface area contributed by atoms with Gasteiger partial charge in [0.05, 0.1) is 12.8 Å². The average molecular weight is 432 g/mol. The lowest BCUT2D eigenvalue weighted by Gasteiger charge is -2.07. The molecule has 122 valence electrons. The van der Waals surface area contributed by atoms with Crippen molar-refractivity contribution in [1.29, 1.82) is 0 Å². The van der Waals surface area contributed by atoms with Gasteiger partial charge in [0, 0.05) is 31.9 Å². The van der Waals surface area contributed by atoms with Gasteiger partial charge >= 0.3 is 0 Å². The van der Waals surface area contributed by atoms with Crippen molar-refractivity contribution < 1.29 is 4.79 Å². The largest absolute Gasteiger partial charge is 0.376 e. The molecule has 0 fully saturated rings. The third kappa shape index (κ3) is 3.94. The first-order chi connectivity index (χ1) is 11.6. The molecule has 0 atom stereocenters. The monoisotopic (exact) mass is 432 g/mol. The third-order valence-electron chi connectivity index (χ3n) is 3.63. The molecule has 5 nitrogen and oxygen atoms in total. The summed E-state index contributed by atoms with van der Waals surface area (Å²) in [5.41, 5.74) is 6.61. The highest BCUT2D eigenvalue weighted by Crippen LogP contribution is 2.17. The molecule has 0 unspecified atom stereocenters. The fourth-order valence-electron chi connectivity index (χ4n) is 2.35. The lowest BCUT2D eigenvalue weighted by atomic mass is 10.2. The van der Waals surface area contributed by atoms with Crippen LogP contribution >= 0.6 is 22.6 Å². The number of amides is 1. The quantitative estimate of drug-likeness (QED) is 0.328. The number of carbonyl (C=O) groups excluding carboxylic acids is 1. The van der Waals surface area contributed by atoms with Gasteiger partial charge in [-0.15, -0.1) is 0 Å². The van der Waals surface area contributed by atoms with Crippen LogP contribution < -0.4 is 10.7 Å². The Morgan fingerprint density at radius 2 is 2.12 bits per heavy atom. The molecule has 6 heteroatoms. The van der Waals surface area contributed by atoms with Crippen molar-refractivity contribution in [2.45, 2.75) is 6.92 Å². The fourth-order valence-corrected chi connectivity index (χ4v) is 2.69. The van der Waals surface area contributed by atoms with Crippen molar-refractivity contribution in [3.63, 3.8) is 0 Å². The minimum Gasteiger partial charge on any atom is -0.376 e. The Balaban J connectivity index is 1.54. The highest BCUT2D eigenvalue weighted by Gasteiger charge is 2.02. The van der Waals surface area contributed by atoms with Crippen LogP contribution in [0.25, 0.3) is 10.9 Å². The Hall–Kier alpha value is -2.35. The second kappa shape index (κ2) is 7.48. The molecule has 1 aromatic heterocycles. The van der Waals surface area contributed by atoms with E-state index in [-0.39, 0.29) is 12.5 Å². The van der Waals surface area contributed by atoms with Crippen LogP contribution in [0.2, 0.25) is 0 Å². The van der Waals surface area contributed by atoms with Gasteiger partial charge in [-0.3, -0.25) is 4.79 Å². The predicted molar refractivity (Wildman–Crippen MR) is 106 cm³/mol. The van der Waals surface area contributed by atoms with Gasteiger partial charge in [-0.2, -0.15) is 5.10 Å². The number of aryl methyl sites for hydroxylation is 1. The number of anilines is 1. The smallest absolute Gasteiger partial charge is 0.259 e. The molecule has 1 amide bonds. The maximum Gasteiger partial charge on any atom is 0.259 e. The summed E-state index contributed by atoms with van der Waals surface area (Å²) in [7, 11) is 0. The van der Waals surface area contributed by atoms with Gasteiger partial charge in [-0.1, -0.05) is 18.2 Å². The van der Waals surface area contributed by atoms with Crippen LogP contribution in [-0.2, 0) is 4.79 Å². The molecule has 3 aromatic rings. The van der Waals surface area contributed by atoms with Crippen molar-refractivity contribution in [1.82, 2.24) is 10.4 Å². The van der Waals surface area contributed by atoms with Crippen LogP contribution in [0.4, 0.5) is 5.69 Å². The number of rotatable bonds is 5. The summed E-state index contributed by atoms with van der Waals surface area (Å²) in [6, 6.07) is 13.9. The van der Waals surface area contributed by atoms with Crippen LogP contribution in [0, 0.1) is 10.5 Å². The number of hydrogen-bond donors (Lipinski definition) is 3. The molecule has 0 bridgehead atoms. The van der Waals surface area contributed by atoms with Crippen LogP contribution in [0.5, 0.6) is 0 Å². The van der Waals surface area contributed by atoms with E-state index in [0.29, 0.717) is 0 Å². The van der Waals surface area contributed by atoms with Crippen LogP contribution in [0.1, 0.15) is 11.1 Å². The molecule has 0 saturated heterocycles. The van der Waals surface area contributed by atoms with E-state index in [1.165, 1.54) is 9.13 Å². The first-order valence-electron chi connectivity index (χ1n) is 7.51. The maximum atomic E-state index is 11.9. The summed E-state index contributed by atoms with van der Waals surface area (Å²) in [6.45, 7) is 2.21. The summed E-state index contributed by atoms with van der Waals surface area (Å²) in [5, 5.41) is 8.18. The number of para-hydroxylation sites is 1. The minimum absolute atomic E-state index is 0.172. The molecule has 0 radical (unpaired) electrons. The van der Waals surface area contributed by atoms with Gasteiger partial charge < -0.3 is 10.3 Å². The van der Waals surface area contributed by atoms with Crippen molar-refractivity contribution >= 4 is 51.3 Å². The SMILES string of the molecule is Cc1cc(NCC(=O)NN=Cc2c[nH]c3ccccc23)ccc1I. The number of H-pyrrole nitrogens is 1.